The summed E-state index contributed by atoms with van der Waals surface area (Å²) in [5, 5.41) is 88.2. The molecule has 4 fully saturated rings. The molecule has 392 valence electrons. The van der Waals surface area contributed by atoms with Gasteiger partial charge in [0.1, 0.15) is 42.3 Å². The lowest BCUT2D eigenvalue weighted by molar-refractivity contribution is -0.384. The zero-order valence-electron chi connectivity index (χ0n) is 40.0. The van der Waals surface area contributed by atoms with Crippen molar-refractivity contribution in [2.45, 2.75) is 165 Å². The summed E-state index contributed by atoms with van der Waals surface area (Å²) in [6.45, 7) is 3.36. The minimum atomic E-state index is -1.72. The number of carbonyl (C=O) groups excluding carboxylic acids is 2. The Morgan fingerprint density at radius 1 is 0.889 bits per heavy atom. The molecular formula is C49H64N6O17. The third-order valence-electron chi connectivity index (χ3n) is 14.4. The van der Waals surface area contributed by atoms with Crippen LogP contribution in [-0.4, -0.2) is 159 Å². The van der Waals surface area contributed by atoms with Crippen LogP contribution in [0.25, 0.3) is 10.9 Å². The van der Waals surface area contributed by atoms with Crippen molar-refractivity contribution in [2.75, 3.05) is 6.61 Å². The lowest BCUT2D eigenvalue weighted by Crippen LogP contribution is -2.64. The number of carbonyl (C=O) groups is 3. The Morgan fingerprint density at radius 2 is 1.65 bits per heavy atom. The number of hydrogen-bond donors (Lipinski definition) is 7. The van der Waals surface area contributed by atoms with Gasteiger partial charge >= 0.3 is 11.9 Å². The number of nitro benzene ring substituents is 1. The number of rotatable bonds is 19. The van der Waals surface area contributed by atoms with Crippen molar-refractivity contribution in [3.05, 3.63) is 88.4 Å². The number of fused-ring (bicyclic) bond motifs is 1. The molecule has 0 spiro atoms. The maximum atomic E-state index is 14.1. The van der Waals surface area contributed by atoms with Gasteiger partial charge in [0, 0.05) is 41.7 Å². The number of hydrogen-bond acceptors (Lipinski definition) is 18. The van der Waals surface area contributed by atoms with E-state index in [4.69, 9.17) is 28.4 Å². The number of aliphatic hydroxyl groups excluding tert-OH is 5. The van der Waals surface area contributed by atoms with Crippen molar-refractivity contribution >= 4 is 34.4 Å². The number of nitrogens with one attached hydrogen (secondary N) is 1. The van der Waals surface area contributed by atoms with Crippen LogP contribution in [0.4, 0.5) is 5.69 Å². The van der Waals surface area contributed by atoms with Crippen molar-refractivity contribution in [1.82, 2.24) is 24.9 Å². The smallest absolute Gasteiger partial charge is 0.338 e. The van der Waals surface area contributed by atoms with E-state index in [1.165, 1.54) is 31.2 Å². The molecule has 4 aromatic rings. The van der Waals surface area contributed by atoms with Crippen LogP contribution in [0.5, 0.6) is 0 Å². The summed E-state index contributed by atoms with van der Waals surface area (Å²) in [5.41, 5.74) is 1.37. The average molecular weight is 1010 g/mol. The SMILES string of the molecule is C[C@@H]1O[C@@H](O[C@@H]2[C@@H](C)C[C@@H](C(=O)NCc3cn(CCn4ccc5cc([N+](=O)[O-])ccc54)nn3)C[C@H]2O[C@@H]2O[C@H](CO)[C@H](O)[C@H](O[C@@H](CC3CCCCC3)C(=O)O)[C@H]2OC(=O)c2ccccc2)[C@@H](O)[C@H](O)[C@@H]1O. The van der Waals surface area contributed by atoms with Gasteiger partial charge < -0.3 is 68.9 Å². The summed E-state index contributed by atoms with van der Waals surface area (Å²) in [5.74, 6) is -3.89. The molecule has 0 radical (unpaired) electrons. The van der Waals surface area contributed by atoms with Gasteiger partial charge in [0.25, 0.3) is 5.69 Å². The number of ether oxygens (including phenoxy) is 6. The zero-order chi connectivity index (χ0) is 51.2. The van der Waals surface area contributed by atoms with E-state index in [1.54, 1.807) is 48.1 Å². The van der Waals surface area contributed by atoms with Gasteiger partial charge in [0.2, 0.25) is 5.91 Å². The van der Waals surface area contributed by atoms with E-state index >= 15 is 0 Å². The van der Waals surface area contributed by atoms with Crippen LogP contribution in [0.3, 0.4) is 0 Å². The van der Waals surface area contributed by atoms with Crippen LogP contribution >= 0.6 is 0 Å². The molecule has 2 aliphatic heterocycles. The highest BCUT2D eigenvalue weighted by Crippen LogP contribution is 2.39. The summed E-state index contributed by atoms with van der Waals surface area (Å²) in [4.78, 5) is 51.6. The molecule has 72 heavy (non-hydrogen) atoms. The van der Waals surface area contributed by atoms with Crippen LogP contribution in [0.1, 0.15) is 81.3 Å². The van der Waals surface area contributed by atoms with E-state index in [-0.39, 0.29) is 43.0 Å². The molecule has 15 atom stereocenters. The number of carboxylic acid groups (broad SMARTS) is 1. The fraction of sp³-hybridized carbons (Fsp3) is 0.612. The number of nitro groups is 1. The van der Waals surface area contributed by atoms with Gasteiger partial charge in [-0.1, -0.05) is 62.4 Å². The Bertz CT molecular complexity index is 2470. The number of benzene rings is 2. The van der Waals surface area contributed by atoms with Gasteiger partial charge in [-0.2, -0.15) is 0 Å². The predicted octanol–water partition coefficient (Wildman–Crippen LogP) is 2.21. The predicted molar refractivity (Wildman–Crippen MR) is 249 cm³/mol. The molecule has 0 bridgehead atoms. The van der Waals surface area contributed by atoms with Gasteiger partial charge in [-0.15, -0.1) is 5.10 Å². The molecule has 23 heteroatoms. The van der Waals surface area contributed by atoms with Crippen molar-refractivity contribution < 1.29 is 78.4 Å². The summed E-state index contributed by atoms with van der Waals surface area (Å²) in [7, 11) is 0. The van der Waals surface area contributed by atoms with Crippen molar-refractivity contribution in [3.8, 4) is 0 Å². The highest BCUT2D eigenvalue weighted by molar-refractivity contribution is 5.89. The average Bonchev–Trinajstić information content (AvgIpc) is 4.02. The minimum Gasteiger partial charge on any atom is -0.479 e. The second-order valence-corrected chi connectivity index (χ2v) is 19.4. The van der Waals surface area contributed by atoms with Gasteiger partial charge in [-0.05, 0) is 62.3 Å². The molecule has 23 nitrogen and oxygen atoms in total. The van der Waals surface area contributed by atoms with E-state index in [0.717, 1.165) is 43.0 Å². The fourth-order valence-electron chi connectivity index (χ4n) is 10.4. The van der Waals surface area contributed by atoms with E-state index < -0.39 is 121 Å². The number of aliphatic carboxylic acids is 1. The Morgan fingerprint density at radius 3 is 2.38 bits per heavy atom. The maximum absolute atomic E-state index is 14.1. The molecule has 2 aromatic carbocycles. The zero-order valence-corrected chi connectivity index (χ0v) is 40.0. The van der Waals surface area contributed by atoms with Crippen molar-refractivity contribution in [2.24, 2.45) is 17.8 Å². The van der Waals surface area contributed by atoms with Crippen molar-refractivity contribution in [3.63, 3.8) is 0 Å². The van der Waals surface area contributed by atoms with E-state index in [1.807, 2.05) is 10.8 Å². The molecule has 2 aliphatic carbocycles. The first-order valence-corrected chi connectivity index (χ1v) is 24.6. The molecule has 0 unspecified atom stereocenters. The summed E-state index contributed by atoms with van der Waals surface area (Å²) in [6.07, 6.45) is -10.8. The molecule has 2 saturated carbocycles. The molecule has 2 saturated heterocycles. The largest absolute Gasteiger partial charge is 0.479 e. The molecule has 8 rings (SSSR count). The van der Waals surface area contributed by atoms with Gasteiger partial charge in [0.15, 0.2) is 24.8 Å². The van der Waals surface area contributed by atoms with E-state index in [2.05, 4.69) is 15.6 Å². The third-order valence-corrected chi connectivity index (χ3v) is 14.4. The quantitative estimate of drug-likeness (QED) is 0.0402. The van der Waals surface area contributed by atoms with Crippen LogP contribution in [-0.2, 0) is 57.6 Å². The topological polar surface area (TPSA) is 319 Å². The number of nitrogens with zero attached hydrogens (tertiary/aromatic N) is 5. The van der Waals surface area contributed by atoms with Crippen LogP contribution < -0.4 is 5.32 Å². The number of carboxylic acids is 1. The number of aromatic nitrogens is 4. The normalized spacial score (nSPS) is 31.7. The second kappa shape index (κ2) is 23.6. The second-order valence-electron chi connectivity index (χ2n) is 19.4. The van der Waals surface area contributed by atoms with Crippen molar-refractivity contribution in [1.29, 1.82) is 0 Å². The fourth-order valence-corrected chi connectivity index (χ4v) is 10.4. The summed E-state index contributed by atoms with van der Waals surface area (Å²) in [6, 6.07) is 14.3. The van der Waals surface area contributed by atoms with Gasteiger partial charge in [-0.3, -0.25) is 19.6 Å². The Labute approximate surface area is 414 Å². The molecule has 2 aromatic heterocycles. The third kappa shape index (κ3) is 12.3. The highest BCUT2D eigenvalue weighted by Gasteiger charge is 2.54. The monoisotopic (exact) mass is 1010 g/mol. The Kier molecular flexibility index (Phi) is 17.3. The van der Waals surface area contributed by atoms with Crippen LogP contribution in [0.2, 0.25) is 0 Å². The van der Waals surface area contributed by atoms with Crippen LogP contribution in [0.15, 0.2) is 67.0 Å². The lowest BCUT2D eigenvalue weighted by Gasteiger charge is -2.48. The number of esters is 1. The number of aliphatic hydroxyl groups is 5. The van der Waals surface area contributed by atoms with E-state index in [0.29, 0.717) is 18.8 Å². The summed E-state index contributed by atoms with van der Waals surface area (Å²) < 4.78 is 40.9. The Hall–Kier alpha value is -5.47. The highest BCUT2D eigenvalue weighted by atomic mass is 16.7. The lowest BCUT2D eigenvalue weighted by atomic mass is 9.77. The maximum Gasteiger partial charge on any atom is 0.338 e. The van der Waals surface area contributed by atoms with Gasteiger partial charge in [0.05, 0.1) is 54.7 Å². The molecule has 4 heterocycles. The molecule has 4 aliphatic rings. The molecular weight excluding hydrogens is 945 g/mol. The first-order valence-electron chi connectivity index (χ1n) is 24.6. The minimum absolute atomic E-state index is 0.00453. The van der Waals surface area contributed by atoms with E-state index in [9.17, 15) is 55.1 Å². The Balaban J connectivity index is 1.02. The number of amides is 1. The van der Waals surface area contributed by atoms with Gasteiger partial charge in [-0.25, -0.2) is 9.59 Å². The molecule has 1 amide bonds. The van der Waals surface area contributed by atoms with Crippen LogP contribution in [0, 0.1) is 27.9 Å². The first-order chi connectivity index (χ1) is 34.6. The molecule has 7 N–H and O–H groups in total. The number of aryl methyl sites for hydroxylation is 2. The number of non-ortho nitro benzene ring substituents is 1. The first kappa shape index (κ1) is 52.8. The summed E-state index contributed by atoms with van der Waals surface area (Å²) >= 11 is 0. The standard InChI is InChI=1S/C49H64N6O17/c1-26-19-31(45(61)50-23-32-24-54(52-51-32)18-17-53-16-15-30-21-33(55(65)66)13-14-34(30)53)22-35(42(26)72-48-41(60)40(59)38(57)27(2)67-48)69-49-44(71-47(64)29-11-7-4-8-12-29)43(39(58)37(25-56)70-49)68-36(46(62)63)20-28-9-5-3-6-10-28/h4,7-8,11-16,21,24,26-28,31,35-44,48-49,56-60H,3,5-6,9-10,17-20,22-23,25H2,1-2H3,(H,50,61)(H,62,63)/t26-,27-,31+,35+,36-,37+,38+,39-,40+,41-,42+,43-,44+,48-,49+/m0/s1.